The molecule has 0 bridgehead atoms. The number of carbonyl (C=O) groups is 1. The lowest BCUT2D eigenvalue weighted by Gasteiger charge is -2.12. The van der Waals surface area contributed by atoms with Gasteiger partial charge in [0.2, 0.25) is 0 Å². The Morgan fingerprint density at radius 2 is 1.80 bits per heavy atom. The molecule has 0 atom stereocenters. The van der Waals surface area contributed by atoms with Crippen molar-refractivity contribution in [2.75, 3.05) is 5.32 Å². The summed E-state index contributed by atoms with van der Waals surface area (Å²) in [6.07, 6.45) is 13.6. The van der Waals surface area contributed by atoms with Gasteiger partial charge >= 0.3 is 7.60 Å². The summed E-state index contributed by atoms with van der Waals surface area (Å²) < 4.78 is 21.6. The summed E-state index contributed by atoms with van der Waals surface area (Å²) in [5.74, 6) is -0.214. The van der Waals surface area contributed by atoms with Crippen LogP contribution in [0.15, 0.2) is 48.5 Å². The van der Waals surface area contributed by atoms with Gasteiger partial charge in [-0.2, -0.15) is 0 Å². The fourth-order valence-corrected chi connectivity index (χ4v) is 3.30. The highest BCUT2D eigenvalue weighted by atomic mass is 31.2. The molecule has 0 aliphatic rings. The first-order valence-corrected chi connectivity index (χ1v) is 9.03. The predicted molar refractivity (Wildman–Crippen MR) is 101 cm³/mol. The Hall–Kier alpha value is -3.14. The second-order valence-electron chi connectivity index (χ2n) is 5.21. The van der Waals surface area contributed by atoms with E-state index in [4.69, 9.17) is 12.8 Å². The molecule has 2 aromatic rings. The van der Waals surface area contributed by atoms with Gasteiger partial charge in [-0.25, -0.2) is 4.57 Å². The molecule has 2 aromatic carbocycles. The number of hydrogen-bond donors (Lipinski definition) is 1. The molecule has 0 aliphatic heterocycles. The van der Waals surface area contributed by atoms with E-state index in [2.05, 4.69) is 14.4 Å². The quantitative estimate of drug-likeness (QED) is 0.604. The summed E-state index contributed by atoms with van der Waals surface area (Å²) >= 11 is 0. The molecule has 2 rings (SSSR count). The van der Waals surface area contributed by atoms with Crippen LogP contribution >= 0.6 is 7.60 Å². The molecule has 0 aromatic heterocycles. The van der Waals surface area contributed by atoms with Crippen molar-refractivity contribution in [3.05, 3.63) is 65.2 Å². The van der Waals surface area contributed by atoms with E-state index in [1.54, 1.807) is 36.4 Å². The molecule has 1 N–H and O–H groups in total. The van der Waals surface area contributed by atoms with Crippen LogP contribution in [-0.2, 0) is 19.8 Å². The molecule has 1 amide bonds. The molecule has 0 saturated carbocycles. The van der Waals surface area contributed by atoms with Crippen molar-refractivity contribution in [3.8, 4) is 25.1 Å². The number of rotatable bonds is 6. The number of amides is 1. The van der Waals surface area contributed by atoms with Crippen molar-refractivity contribution >= 4 is 19.2 Å². The highest BCUT2D eigenvalue weighted by Crippen LogP contribution is 2.50. The van der Waals surface area contributed by atoms with Crippen LogP contribution in [0, 0.1) is 32.0 Å². The van der Waals surface area contributed by atoms with Gasteiger partial charge in [0.25, 0.3) is 5.91 Å². The average Bonchev–Trinajstić information content (AvgIpc) is 2.57. The van der Waals surface area contributed by atoms with E-state index >= 15 is 0 Å². The van der Waals surface area contributed by atoms with E-state index in [0.717, 1.165) is 5.56 Å². The molecule has 0 aliphatic carbocycles. The Labute approximate surface area is 149 Å². The van der Waals surface area contributed by atoms with Crippen LogP contribution in [0.5, 0.6) is 0 Å². The number of nitrogens with one attached hydrogen (secondary N) is 1. The lowest BCUT2D eigenvalue weighted by Crippen LogP contribution is -2.11. The Morgan fingerprint density at radius 1 is 1.16 bits per heavy atom. The minimum atomic E-state index is -3.60. The summed E-state index contributed by atoms with van der Waals surface area (Å²) in [6, 6.07) is 14.0. The molecule has 0 saturated heterocycles. The summed E-state index contributed by atoms with van der Waals surface area (Å²) in [6.45, 7) is 1.92. The Morgan fingerprint density at radius 3 is 2.36 bits per heavy atom. The molecular formula is C19H20NO4P. The van der Waals surface area contributed by atoms with Gasteiger partial charge in [-0.15, -0.1) is 0 Å². The van der Waals surface area contributed by atoms with Gasteiger partial charge in [0.15, 0.2) is 0 Å². The molecule has 0 unspecified atom stereocenters. The van der Waals surface area contributed by atoms with Gasteiger partial charge < -0.3 is 14.4 Å². The lowest BCUT2D eigenvalue weighted by atomic mass is 10.1. The van der Waals surface area contributed by atoms with Crippen molar-refractivity contribution in [1.29, 1.82) is 0 Å². The van der Waals surface area contributed by atoms with Crippen LogP contribution in [-0.4, -0.2) is 5.91 Å². The van der Waals surface area contributed by atoms with Crippen LogP contribution in [0.1, 0.15) is 24.3 Å². The maximum absolute atomic E-state index is 12.3. The number of hydrogen-bond acceptors (Lipinski definition) is 4. The SMILES string of the molecule is C#COP(=O)(Cc1ccc(NC(=O)c2cccc(C)c2)cc1)OC#C.[HH].[HH]. The van der Waals surface area contributed by atoms with Crippen molar-refractivity contribution in [1.82, 2.24) is 0 Å². The van der Waals surface area contributed by atoms with Gasteiger partial charge in [0.1, 0.15) is 12.2 Å². The first-order valence-electron chi connectivity index (χ1n) is 7.30. The molecule has 25 heavy (non-hydrogen) atoms. The third kappa shape index (κ3) is 5.18. The third-order valence-electron chi connectivity index (χ3n) is 3.25. The smallest absolute Gasteiger partial charge is 0.362 e. The largest absolute Gasteiger partial charge is 0.451 e. The molecule has 0 fully saturated rings. The van der Waals surface area contributed by atoms with Crippen molar-refractivity contribution in [3.63, 3.8) is 0 Å². The fourth-order valence-electron chi connectivity index (χ4n) is 2.15. The van der Waals surface area contributed by atoms with Gasteiger partial charge in [-0.1, -0.05) is 42.7 Å². The standard InChI is InChI=1S/C19H16NO4P.2H2/c1-4-23-25(22,24-5-2)14-16-9-11-18(12-10-16)20-19(21)17-8-6-7-15(3)13-17;;/h1-2,6-13H,14H2,3H3,(H,20,21);2*1H. The Balaban J connectivity index is 0.00000338. The molecule has 0 heterocycles. The van der Waals surface area contributed by atoms with Crippen molar-refractivity contribution in [2.45, 2.75) is 13.1 Å². The molecular weight excluding hydrogens is 337 g/mol. The van der Waals surface area contributed by atoms with E-state index in [9.17, 15) is 9.36 Å². The summed E-state index contributed by atoms with van der Waals surface area (Å²) in [4.78, 5) is 12.2. The van der Waals surface area contributed by atoms with Crippen LogP contribution < -0.4 is 5.32 Å². The first kappa shape index (κ1) is 18.2. The first-order chi connectivity index (χ1) is 12.0. The van der Waals surface area contributed by atoms with Gasteiger partial charge in [-0.3, -0.25) is 4.79 Å². The molecule has 0 spiro atoms. The summed E-state index contributed by atoms with van der Waals surface area (Å²) in [7, 11) is -3.60. The normalized spacial score (nSPS) is 10.2. The van der Waals surface area contributed by atoms with Crippen LogP contribution in [0.3, 0.4) is 0 Å². The van der Waals surface area contributed by atoms with E-state index < -0.39 is 7.60 Å². The molecule has 6 heteroatoms. The molecule has 0 radical (unpaired) electrons. The lowest BCUT2D eigenvalue weighted by molar-refractivity contribution is 0.102. The fraction of sp³-hybridized carbons (Fsp3) is 0.105. The summed E-state index contributed by atoms with van der Waals surface area (Å²) in [5.41, 5.74) is 2.81. The minimum Gasteiger partial charge on any atom is -0.362 e. The number of aryl methyl sites for hydroxylation is 1. The topological polar surface area (TPSA) is 64.6 Å². The van der Waals surface area contributed by atoms with E-state index in [1.807, 2.05) is 31.3 Å². The monoisotopic (exact) mass is 357 g/mol. The van der Waals surface area contributed by atoms with Crippen molar-refractivity contribution in [2.24, 2.45) is 0 Å². The molecule has 5 nitrogen and oxygen atoms in total. The van der Waals surface area contributed by atoms with Gasteiger partial charge in [-0.05, 0) is 36.8 Å². The van der Waals surface area contributed by atoms with Crippen LogP contribution in [0.4, 0.5) is 5.69 Å². The van der Waals surface area contributed by atoms with Crippen LogP contribution in [0.2, 0.25) is 0 Å². The van der Waals surface area contributed by atoms with E-state index in [0.29, 0.717) is 16.8 Å². The second kappa shape index (κ2) is 8.11. The second-order valence-corrected chi connectivity index (χ2v) is 7.11. The maximum Gasteiger partial charge on any atom is 0.451 e. The molecule has 130 valence electrons. The van der Waals surface area contributed by atoms with Gasteiger partial charge in [0, 0.05) is 14.1 Å². The number of carbonyl (C=O) groups excluding carboxylic acids is 1. The summed E-state index contributed by atoms with van der Waals surface area (Å²) in [5, 5.41) is 2.79. The number of anilines is 1. The zero-order chi connectivity index (χ0) is 18.3. The van der Waals surface area contributed by atoms with Gasteiger partial charge in [0.05, 0.1) is 6.16 Å². The highest BCUT2D eigenvalue weighted by Gasteiger charge is 2.26. The number of terminal acetylenes is 2. The average molecular weight is 357 g/mol. The van der Waals surface area contributed by atoms with Crippen LogP contribution in [0.25, 0.3) is 0 Å². The zero-order valence-electron chi connectivity index (χ0n) is 13.6. The van der Waals surface area contributed by atoms with E-state index in [1.165, 1.54) is 0 Å². The zero-order valence-corrected chi connectivity index (χ0v) is 14.5. The minimum absolute atomic E-state index is 0. The third-order valence-corrected chi connectivity index (χ3v) is 4.77. The van der Waals surface area contributed by atoms with Crippen molar-refractivity contribution < 1.29 is 21.3 Å². The predicted octanol–water partition coefficient (Wildman–Crippen LogP) is 4.65. The maximum atomic E-state index is 12.3. The van der Waals surface area contributed by atoms with E-state index in [-0.39, 0.29) is 14.9 Å². The number of benzene rings is 2. The highest BCUT2D eigenvalue weighted by molar-refractivity contribution is 7.53. The Bertz CT molecular complexity index is 881. The Kier molecular flexibility index (Phi) is 5.90.